The van der Waals surface area contributed by atoms with Crippen LogP contribution in [0.1, 0.15) is 71.6 Å². The molecule has 1 amide bonds. The predicted molar refractivity (Wildman–Crippen MR) is 85.8 cm³/mol. The maximum Gasteiger partial charge on any atom is 0.220 e. The Bertz CT molecular complexity index is 262. The molecule has 0 spiro atoms. The summed E-state index contributed by atoms with van der Waals surface area (Å²) in [7, 11) is 2.24. The molecule has 20 heavy (non-hydrogen) atoms. The minimum atomic E-state index is 0.228. The molecule has 0 heterocycles. The van der Waals surface area contributed by atoms with Gasteiger partial charge in [-0.25, -0.2) is 0 Å². The van der Waals surface area contributed by atoms with Crippen molar-refractivity contribution in [3.8, 4) is 0 Å². The molecular formula is C17H34N2O. The van der Waals surface area contributed by atoms with Crippen molar-refractivity contribution in [2.24, 2.45) is 5.92 Å². The number of rotatable bonds is 9. The van der Waals surface area contributed by atoms with Crippen molar-refractivity contribution in [2.45, 2.75) is 77.7 Å². The third-order valence-electron chi connectivity index (χ3n) is 4.52. The van der Waals surface area contributed by atoms with Crippen LogP contribution in [0.15, 0.2) is 0 Å². The van der Waals surface area contributed by atoms with E-state index >= 15 is 0 Å². The number of nitrogens with one attached hydrogen (secondary N) is 1. The summed E-state index contributed by atoms with van der Waals surface area (Å²) in [5, 5.41) is 3.06. The lowest BCUT2D eigenvalue weighted by atomic mass is 9.94. The van der Waals surface area contributed by atoms with Crippen LogP contribution in [-0.4, -0.2) is 37.0 Å². The highest BCUT2D eigenvalue weighted by Crippen LogP contribution is 2.21. The molecule has 3 nitrogen and oxygen atoms in total. The van der Waals surface area contributed by atoms with Crippen LogP contribution in [0.25, 0.3) is 0 Å². The minimum absolute atomic E-state index is 0.228. The summed E-state index contributed by atoms with van der Waals surface area (Å²) in [5.41, 5.74) is 0. The van der Waals surface area contributed by atoms with E-state index in [9.17, 15) is 4.79 Å². The van der Waals surface area contributed by atoms with Crippen molar-refractivity contribution in [1.29, 1.82) is 0 Å². The number of nitrogens with zero attached hydrogens (tertiary/aromatic N) is 1. The summed E-state index contributed by atoms with van der Waals surface area (Å²) in [6.45, 7) is 6.28. The standard InChI is InChI=1S/C17H34N2O/c1-4-9-15(2)14-17(20)18-12-8-13-19(3)16-10-6-5-7-11-16/h15-16H,4-14H2,1-3H3,(H,18,20). The smallest absolute Gasteiger partial charge is 0.220 e. The van der Waals surface area contributed by atoms with Gasteiger partial charge in [-0.3, -0.25) is 4.79 Å². The van der Waals surface area contributed by atoms with Crippen LogP contribution in [-0.2, 0) is 4.79 Å². The van der Waals surface area contributed by atoms with Gasteiger partial charge in [0.1, 0.15) is 0 Å². The molecule has 1 unspecified atom stereocenters. The molecule has 0 aromatic carbocycles. The third-order valence-corrected chi connectivity index (χ3v) is 4.52. The Kier molecular flexibility index (Phi) is 8.92. The SMILES string of the molecule is CCCC(C)CC(=O)NCCCN(C)C1CCCCC1. The van der Waals surface area contributed by atoms with E-state index in [0.717, 1.165) is 32.0 Å². The van der Waals surface area contributed by atoms with Gasteiger partial charge in [-0.15, -0.1) is 0 Å². The second kappa shape index (κ2) is 10.2. The second-order valence-corrected chi connectivity index (χ2v) is 6.57. The number of hydrogen-bond acceptors (Lipinski definition) is 2. The van der Waals surface area contributed by atoms with Gasteiger partial charge in [0.05, 0.1) is 0 Å². The highest BCUT2D eigenvalue weighted by Gasteiger charge is 2.17. The quantitative estimate of drug-likeness (QED) is 0.656. The van der Waals surface area contributed by atoms with Gasteiger partial charge >= 0.3 is 0 Å². The van der Waals surface area contributed by atoms with Crippen molar-refractivity contribution in [3.05, 3.63) is 0 Å². The van der Waals surface area contributed by atoms with Crippen molar-refractivity contribution >= 4 is 5.91 Å². The normalized spacial score (nSPS) is 18.2. The molecule has 1 saturated carbocycles. The monoisotopic (exact) mass is 282 g/mol. The molecule has 0 bridgehead atoms. The zero-order chi connectivity index (χ0) is 14.8. The van der Waals surface area contributed by atoms with E-state index in [-0.39, 0.29) is 5.91 Å². The van der Waals surface area contributed by atoms with Crippen LogP contribution in [0.5, 0.6) is 0 Å². The summed E-state index contributed by atoms with van der Waals surface area (Å²) in [5.74, 6) is 0.746. The lowest BCUT2D eigenvalue weighted by Gasteiger charge is -2.31. The van der Waals surface area contributed by atoms with Crippen molar-refractivity contribution < 1.29 is 4.79 Å². The Morgan fingerprint density at radius 3 is 2.65 bits per heavy atom. The van der Waals surface area contributed by atoms with Crippen LogP contribution in [0, 0.1) is 5.92 Å². The number of carbonyl (C=O) groups excluding carboxylic acids is 1. The average Bonchev–Trinajstić information content (AvgIpc) is 2.44. The van der Waals surface area contributed by atoms with E-state index < -0.39 is 0 Å². The Morgan fingerprint density at radius 2 is 2.00 bits per heavy atom. The molecule has 1 aliphatic rings. The van der Waals surface area contributed by atoms with Crippen LogP contribution in [0.2, 0.25) is 0 Å². The maximum absolute atomic E-state index is 11.7. The fourth-order valence-electron chi connectivity index (χ4n) is 3.24. The van der Waals surface area contributed by atoms with E-state index in [1.807, 2.05) is 0 Å². The van der Waals surface area contributed by atoms with Crippen LogP contribution in [0.4, 0.5) is 0 Å². The molecule has 1 rings (SSSR count). The van der Waals surface area contributed by atoms with Crippen LogP contribution in [0.3, 0.4) is 0 Å². The molecule has 0 aliphatic heterocycles. The van der Waals surface area contributed by atoms with E-state index in [0.29, 0.717) is 12.3 Å². The van der Waals surface area contributed by atoms with Gasteiger partial charge in [0, 0.05) is 19.0 Å². The first kappa shape index (κ1) is 17.5. The van der Waals surface area contributed by atoms with E-state index in [1.165, 1.54) is 38.5 Å². The fraction of sp³-hybridized carbons (Fsp3) is 0.941. The molecule has 3 heteroatoms. The molecule has 0 aromatic rings. The van der Waals surface area contributed by atoms with Gasteiger partial charge in [0.15, 0.2) is 0 Å². The number of hydrogen-bond donors (Lipinski definition) is 1. The molecule has 1 atom stereocenters. The lowest BCUT2D eigenvalue weighted by molar-refractivity contribution is -0.121. The van der Waals surface area contributed by atoms with Gasteiger partial charge < -0.3 is 10.2 Å². The molecule has 118 valence electrons. The Labute approximate surface area is 125 Å². The van der Waals surface area contributed by atoms with Crippen molar-refractivity contribution in [1.82, 2.24) is 10.2 Å². The Hall–Kier alpha value is -0.570. The maximum atomic E-state index is 11.7. The van der Waals surface area contributed by atoms with Crippen LogP contribution < -0.4 is 5.32 Å². The lowest BCUT2D eigenvalue weighted by Crippen LogP contribution is -2.36. The second-order valence-electron chi connectivity index (χ2n) is 6.57. The van der Waals surface area contributed by atoms with E-state index in [2.05, 4.69) is 31.1 Å². The summed E-state index contributed by atoms with van der Waals surface area (Å²) < 4.78 is 0. The largest absolute Gasteiger partial charge is 0.356 e. The van der Waals surface area contributed by atoms with Gasteiger partial charge in [0.25, 0.3) is 0 Å². The molecule has 1 N–H and O–H groups in total. The van der Waals surface area contributed by atoms with Gasteiger partial charge in [0.2, 0.25) is 5.91 Å². The zero-order valence-corrected chi connectivity index (χ0v) is 13.8. The molecule has 0 aromatic heterocycles. The van der Waals surface area contributed by atoms with Crippen molar-refractivity contribution in [2.75, 3.05) is 20.1 Å². The van der Waals surface area contributed by atoms with E-state index in [4.69, 9.17) is 0 Å². The summed E-state index contributed by atoms with van der Waals surface area (Å²) in [6, 6.07) is 0.782. The first-order valence-electron chi connectivity index (χ1n) is 8.60. The Morgan fingerprint density at radius 1 is 1.30 bits per heavy atom. The summed E-state index contributed by atoms with van der Waals surface area (Å²) >= 11 is 0. The first-order chi connectivity index (χ1) is 9.63. The molecular weight excluding hydrogens is 248 g/mol. The highest BCUT2D eigenvalue weighted by atomic mass is 16.1. The topological polar surface area (TPSA) is 32.3 Å². The highest BCUT2D eigenvalue weighted by molar-refractivity contribution is 5.76. The average molecular weight is 282 g/mol. The third kappa shape index (κ3) is 7.28. The summed E-state index contributed by atoms with van der Waals surface area (Å²) in [6.07, 6.45) is 11.0. The number of amides is 1. The molecule has 1 aliphatic carbocycles. The van der Waals surface area contributed by atoms with Gasteiger partial charge in [-0.05, 0) is 38.8 Å². The van der Waals surface area contributed by atoms with Crippen LogP contribution >= 0.6 is 0 Å². The molecule has 0 radical (unpaired) electrons. The predicted octanol–water partition coefficient (Wildman–Crippen LogP) is 3.58. The Balaban J connectivity index is 2.04. The van der Waals surface area contributed by atoms with Crippen molar-refractivity contribution in [3.63, 3.8) is 0 Å². The van der Waals surface area contributed by atoms with Gasteiger partial charge in [-0.1, -0.05) is 46.0 Å². The molecule has 1 fully saturated rings. The van der Waals surface area contributed by atoms with E-state index in [1.54, 1.807) is 0 Å². The molecule has 0 saturated heterocycles. The number of carbonyl (C=O) groups is 1. The fourth-order valence-corrected chi connectivity index (χ4v) is 3.24. The zero-order valence-electron chi connectivity index (χ0n) is 13.8. The summed E-state index contributed by atoms with van der Waals surface area (Å²) in [4.78, 5) is 14.2. The van der Waals surface area contributed by atoms with Gasteiger partial charge in [-0.2, -0.15) is 0 Å². The minimum Gasteiger partial charge on any atom is -0.356 e. The first-order valence-corrected chi connectivity index (χ1v) is 8.60.